The number of aromatic nitrogens is 3. The van der Waals surface area contributed by atoms with E-state index in [2.05, 4.69) is 32.4 Å². The van der Waals surface area contributed by atoms with Gasteiger partial charge in [-0.25, -0.2) is 9.97 Å². The van der Waals surface area contributed by atoms with Crippen LogP contribution in [0.2, 0.25) is 0 Å². The van der Waals surface area contributed by atoms with Gasteiger partial charge in [0.15, 0.2) is 0 Å². The van der Waals surface area contributed by atoms with Crippen LogP contribution in [-0.4, -0.2) is 39.7 Å². The Balaban J connectivity index is 1.47. The molecule has 0 atom stereocenters. The predicted octanol–water partition coefficient (Wildman–Crippen LogP) is 2.96. The molecule has 0 unspecified atom stereocenters. The van der Waals surface area contributed by atoms with Gasteiger partial charge >= 0.3 is 0 Å². The van der Waals surface area contributed by atoms with Gasteiger partial charge in [0.05, 0.1) is 10.6 Å². The van der Waals surface area contributed by atoms with E-state index >= 15 is 0 Å². The Hall–Kier alpha value is -3.13. The molecule has 2 amide bonds. The number of hydrogen-bond acceptors (Lipinski definition) is 6. The van der Waals surface area contributed by atoms with Crippen LogP contribution in [0.25, 0.3) is 17.0 Å². The lowest BCUT2D eigenvalue weighted by Crippen LogP contribution is -2.22. The van der Waals surface area contributed by atoms with E-state index in [1.165, 1.54) is 10.9 Å². The zero-order valence-corrected chi connectivity index (χ0v) is 15.4. The summed E-state index contributed by atoms with van der Waals surface area (Å²) >= 11 is 0.876. The van der Waals surface area contributed by atoms with E-state index < -0.39 is 5.91 Å². The van der Waals surface area contributed by atoms with Crippen molar-refractivity contribution in [1.29, 1.82) is 0 Å². The molecule has 0 aliphatic carbocycles. The van der Waals surface area contributed by atoms with E-state index in [1.807, 2.05) is 30.3 Å². The molecule has 1 aliphatic rings. The summed E-state index contributed by atoms with van der Waals surface area (Å²) in [6, 6.07) is 9.92. The third-order valence-electron chi connectivity index (χ3n) is 4.32. The zero-order chi connectivity index (χ0) is 18.8. The molecule has 0 saturated carbocycles. The van der Waals surface area contributed by atoms with Crippen molar-refractivity contribution >= 4 is 45.8 Å². The van der Waals surface area contributed by atoms with Crippen molar-refractivity contribution in [2.75, 3.05) is 18.5 Å². The highest BCUT2D eigenvalue weighted by molar-refractivity contribution is 8.18. The van der Waals surface area contributed by atoms with Crippen molar-refractivity contribution in [2.45, 2.75) is 6.42 Å². The number of para-hydroxylation sites is 1. The molecule has 27 heavy (non-hydrogen) atoms. The summed E-state index contributed by atoms with van der Waals surface area (Å²) in [5.41, 5.74) is 2.96. The van der Waals surface area contributed by atoms with Crippen LogP contribution in [0.1, 0.15) is 11.3 Å². The summed E-state index contributed by atoms with van der Waals surface area (Å²) in [5, 5.41) is 3.09. The van der Waals surface area contributed by atoms with Crippen molar-refractivity contribution in [3.8, 4) is 0 Å². The summed E-state index contributed by atoms with van der Waals surface area (Å²) in [4.78, 5) is 37.3. The van der Waals surface area contributed by atoms with Gasteiger partial charge in [-0.3, -0.25) is 14.9 Å². The van der Waals surface area contributed by atoms with Crippen LogP contribution < -0.4 is 10.2 Å². The lowest BCUT2D eigenvalue weighted by molar-refractivity contribution is -0.115. The van der Waals surface area contributed by atoms with Crippen molar-refractivity contribution in [3.05, 3.63) is 58.9 Å². The summed E-state index contributed by atoms with van der Waals surface area (Å²) in [5.74, 6) is 0.178. The van der Waals surface area contributed by atoms with E-state index in [-0.39, 0.29) is 5.24 Å². The fourth-order valence-corrected chi connectivity index (χ4v) is 3.58. The third kappa shape index (κ3) is 3.70. The molecule has 1 aliphatic heterocycles. The Bertz CT molecular complexity index is 1060. The first kappa shape index (κ1) is 17.3. The van der Waals surface area contributed by atoms with Crippen LogP contribution in [0.3, 0.4) is 0 Å². The highest BCUT2D eigenvalue weighted by Crippen LogP contribution is 2.25. The third-order valence-corrected chi connectivity index (χ3v) is 5.13. The van der Waals surface area contributed by atoms with Gasteiger partial charge in [0.25, 0.3) is 11.1 Å². The van der Waals surface area contributed by atoms with Crippen LogP contribution in [0.4, 0.5) is 10.7 Å². The molecule has 1 saturated heterocycles. The molecule has 0 bridgehead atoms. The van der Waals surface area contributed by atoms with Crippen LogP contribution in [0, 0.1) is 0 Å². The number of aromatic amines is 1. The number of carbonyl (C=O) groups is 2. The normalized spacial score (nSPS) is 15.5. The fourth-order valence-electron chi connectivity index (χ4n) is 2.91. The molecule has 1 aromatic carbocycles. The van der Waals surface area contributed by atoms with Crippen molar-refractivity contribution in [1.82, 2.24) is 20.3 Å². The number of likely N-dealkylation sites (N-methyl/N-ethyl adjacent to an activating group) is 1. The van der Waals surface area contributed by atoms with E-state index in [0.717, 1.165) is 30.2 Å². The average Bonchev–Trinajstić information content (AvgIpc) is 3.22. The number of benzene rings is 1. The largest absolute Gasteiger partial charge is 0.361 e. The second-order valence-electron chi connectivity index (χ2n) is 6.16. The predicted molar refractivity (Wildman–Crippen MR) is 106 cm³/mol. The first-order valence-electron chi connectivity index (χ1n) is 8.44. The number of H-pyrrole nitrogens is 1. The quantitative estimate of drug-likeness (QED) is 0.663. The minimum Gasteiger partial charge on any atom is -0.361 e. The molecule has 1 fully saturated rings. The molecule has 2 aromatic heterocycles. The molecule has 0 radical (unpaired) electrons. The van der Waals surface area contributed by atoms with E-state index in [4.69, 9.17) is 0 Å². The Morgan fingerprint density at radius 1 is 1.22 bits per heavy atom. The minimum atomic E-state index is -0.391. The minimum absolute atomic E-state index is 0.339. The molecule has 7 nitrogen and oxygen atoms in total. The molecule has 136 valence electrons. The van der Waals surface area contributed by atoms with Crippen LogP contribution in [-0.2, 0) is 11.2 Å². The smallest absolute Gasteiger partial charge is 0.290 e. The van der Waals surface area contributed by atoms with Crippen LogP contribution in [0.15, 0.2) is 47.6 Å². The first-order chi connectivity index (χ1) is 13.1. The SMILES string of the molecule is CN(CCc1c[nH]c2ccccc12)c1nccc(/C=C2\SC(=O)NC2=O)n1. The summed E-state index contributed by atoms with van der Waals surface area (Å²) in [6.45, 7) is 0.746. The van der Waals surface area contributed by atoms with Gasteiger partial charge in [-0.2, -0.15) is 0 Å². The van der Waals surface area contributed by atoms with Crippen LogP contribution >= 0.6 is 11.8 Å². The molecule has 3 aromatic rings. The monoisotopic (exact) mass is 379 g/mol. The molecular formula is C19H17N5O2S. The van der Waals surface area contributed by atoms with Crippen molar-refractivity contribution in [3.63, 3.8) is 0 Å². The number of nitrogens with zero attached hydrogens (tertiary/aromatic N) is 3. The summed E-state index contributed by atoms with van der Waals surface area (Å²) in [7, 11) is 1.93. The second kappa shape index (κ2) is 7.24. The van der Waals surface area contributed by atoms with E-state index in [0.29, 0.717) is 16.5 Å². The average molecular weight is 379 g/mol. The topological polar surface area (TPSA) is 91.0 Å². The molecule has 8 heteroatoms. The number of rotatable bonds is 5. The highest BCUT2D eigenvalue weighted by atomic mass is 32.2. The standard InChI is InChI=1S/C19H17N5O2S/c1-24(9-7-12-11-21-15-5-3-2-4-14(12)15)18-20-8-6-13(22-18)10-16-17(25)23-19(26)27-16/h2-6,8,10-11,21H,7,9H2,1H3,(H,23,25,26)/b16-10-. The Morgan fingerprint density at radius 2 is 2.07 bits per heavy atom. The van der Waals surface area contributed by atoms with Crippen LogP contribution in [0.5, 0.6) is 0 Å². The van der Waals surface area contributed by atoms with Gasteiger partial charge in [-0.05, 0) is 42.0 Å². The number of hydrogen-bond donors (Lipinski definition) is 2. The summed E-state index contributed by atoms with van der Waals surface area (Å²) < 4.78 is 0. The number of fused-ring (bicyclic) bond motifs is 1. The number of amides is 2. The molecule has 0 spiro atoms. The van der Waals surface area contributed by atoms with Crippen molar-refractivity contribution in [2.24, 2.45) is 0 Å². The maximum absolute atomic E-state index is 11.7. The first-order valence-corrected chi connectivity index (χ1v) is 9.26. The van der Waals surface area contributed by atoms with Crippen molar-refractivity contribution < 1.29 is 9.59 Å². The van der Waals surface area contributed by atoms with Gasteiger partial charge in [-0.15, -0.1) is 0 Å². The fraction of sp³-hybridized carbons (Fsp3) is 0.158. The lowest BCUT2D eigenvalue weighted by atomic mass is 10.1. The lowest BCUT2D eigenvalue weighted by Gasteiger charge is -2.16. The van der Waals surface area contributed by atoms with Gasteiger partial charge in [0.1, 0.15) is 0 Å². The molecular weight excluding hydrogens is 362 g/mol. The maximum Gasteiger partial charge on any atom is 0.290 e. The zero-order valence-electron chi connectivity index (χ0n) is 14.6. The van der Waals surface area contributed by atoms with E-state index in [1.54, 1.807) is 18.3 Å². The van der Waals surface area contributed by atoms with Gasteiger partial charge in [0.2, 0.25) is 5.95 Å². The number of imide groups is 1. The maximum atomic E-state index is 11.7. The summed E-state index contributed by atoms with van der Waals surface area (Å²) in [6.07, 6.45) is 6.13. The van der Waals surface area contributed by atoms with E-state index in [9.17, 15) is 9.59 Å². The number of thioether (sulfide) groups is 1. The second-order valence-corrected chi connectivity index (χ2v) is 7.18. The molecule has 4 rings (SSSR count). The van der Waals surface area contributed by atoms with Gasteiger partial charge in [-0.1, -0.05) is 18.2 Å². The molecule has 2 N–H and O–H groups in total. The van der Waals surface area contributed by atoms with Gasteiger partial charge < -0.3 is 9.88 Å². The Morgan fingerprint density at radius 3 is 2.89 bits per heavy atom. The Labute approximate surface area is 159 Å². The Kier molecular flexibility index (Phi) is 4.64. The number of nitrogens with one attached hydrogen (secondary N) is 2. The number of carbonyl (C=O) groups excluding carboxylic acids is 2. The van der Waals surface area contributed by atoms with Gasteiger partial charge in [0, 0.05) is 36.9 Å². The molecule has 3 heterocycles. The number of anilines is 1. The highest BCUT2D eigenvalue weighted by Gasteiger charge is 2.25.